The summed E-state index contributed by atoms with van der Waals surface area (Å²) < 4.78 is 5.01. The van der Waals surface area contributed by atoms with Crippen LogP contribution in [0.25, 0.3) is 0 Å². The van der Waals surface area contributed by atoms with E-state index in [4.69, 9.17) is 10.00 Å². The van der Waals surface area contributed by atoms with Crippen LogP contribution in [0.5, 0.6) is 0 Å². The highest BCUT2D eigenvalue weighted by Gasteiger charge is 2.18. The van der Waals surface area contributed by atoms with Gasteiger partial charge in [0.25, 0.3) is 5.91 Å². The van der Waals surface area contributed by atoms with Crippen LogP contribution in [0.1, 0.15) is 42.2 Å². The van der Waals surface area contributed by atoms with Crippen molar-refractivity contribution in [2.75, 3.05) is 20.2 Å². The highest BCUT2D eigenvalue weighted by molar-refractivity contribution is 7.09. The molecule has 0 aliphatic rings. The summed E-state index contributed by atoms with van der Waals surface area (Å²) in [5, 5.41) is 11.2. The number of ether oxygens (including phenoxy) is 1. The fourth-order valence-corrected chi connectivity index (χ4v) is 2.41. The molecule has 0 saturated heterocycles. The SMILES string of the molecule is COCc1nc(C(=O)N(CCC#N)CCC(C)C)cs1. The largest absolute Gasteiger partial charge is 0.378 e. The van der Waals surface area contributed by atoms with E-state index >= 15 is 0 Å². The summed E-state index contributed by atoms with van der Waals surface area (Å²) in [6.45, 7) is 5.77. The molecule has 1 aromatic rings. The van der Waals surface area contributed by atoms with E-state index < -0.39 is 0 Å². The average Bonchev–Trinajstić information content (AvgIpc) is 2.87. The second-order valence-electron chi connectivity index (χ2n) is 4.94. The van der Waals surface area contributed by atoms with E-state index in [-0.39, 0.29) is 5.91 Å². The van der Waals surface area contributed by atoms with E-state index in [0.29, 0.717) is 37.7 Å². The number of hydrogen-bond donors (Lipinski definition) is 0. The number of nitriles is 1. The lowest BCUT2D eigenvalue weighted by atomic mass is 10.1. The molecule has 0 aromatic carbocycles. The molecule has 0 saturated carbocycles. The minimum absolute atomic E-state index is 0.0977. The quantitative estimate of drug-likeness (QED) is 0.739. The van der Waals surface area contributed by atoms with Gasteiger partial charge in [-0.15, -0.1) is 11.3 Å². The van der Waals surface area contributed by atoms with Gasteiger partial charge in [-0.3, -0.25) is 4.79 Å². The third-order valence-electron chi connectivity index (χ3n) is 2.80. The lowest BCUT2D eigenvalue weighted by Crippen LogP contribution is -2.33. The Morgan fingerprint density at radius 1 is 1.55 bits per heavy atom. The van der Waals surface area contributed by atoms with E-state index in [1.54, 1.807) is 17.4 Å². The molecule has 1 amide bonds. The first kappa shape index (κ1) is 16.6. The maximum absolute atomic E-state index is 12.4. The van der Waals surface area contributed by atoms with Crippen molar-refractivity contribution >= 4 is 17.2 Å². The molecule has 1 heterocycles. The standard InChI is InChI=1S/C14H21N3O2S/c1-11(2)5-8-17(7-4-6-15)14(18)12-10-20-13(16-12)9-19-3/h10-11H,4-5,7-9H2,1-3H3. The molecular formula is C14H21N3O2S. The van der Waals surface area contributed by atoms with Gasteiger partial charge in [-0.25, -0.2) is 4.98 Å². The number of nitrogens with zero attached hydrogens (tertiary/aromatic N) is 3. The van der Waals surface area contributed by atoms with Crippen LogP contribution in [0.2, 0.25) is 0 Å². The minimum Gasteiger partial charge on any atom is -0.378 e. The van der Waals surface area contributed by atoms with Crippen LogP contribution in [0, 0.1) is 17.2 Å². The zero-order chi connectivity index (χ0) is 15.0. The molecule has 5 nitrogen and oxygen atoms in total. The van der Waals surface area contributed by atoms with Crippen LogP contribution >= 0.6 is 11.3 Å². The summed E-state index contributed by atoms with van der Waals surface area (Å²) >= 11 is 1.42. The van der Waals surface area contributed by atoms with Crippen molar-refractivity contribution in [3.05, 3.63) is 16.1 Å². The Kier molecular flexibility index (Phi) is 7.20. The molecule has 0 aliphatic carbocycles. The van der Waals surface area contributed by atoms with Crippen LogP contribution in [0.15, 0.2) is 5.38 Å². The second kappa shape index (κ2) is 8.67. The molecule has 110 valence electrons. The van der Waals surface area contributed by atoms with Crippen LogP contribution in [-0.2, 0) is 11.3 Å². The second-order valence-corrected chi connectivity index (χ2v) is 5.88. The average molecular weight is 295 g/mol. The van der Waals surface area contributed by atoms with E-state index in [1.807, 2.05) is 0 Å². The van der Waals surface area contributed by atoms with Gasteiger partial charge in [0, 0.05) is 25.6 Å². The highest BCUT2D eigenvalue weighted by atomic mass is 32.1. The zero-order valence-corrected chi connectivity index (χ0v) is 13.1. The van der Waals surface area contributed by atoms with E-state index in [2.05, 4.69) is 24.9 Å². The number of rotatable bonds is 8. The molecule has 0 aliphatic heterocycles. The molecule has 1 rings (SSSR count). The number of aromatic nitrogens is 1. The third kappa shape index (κ3) is 5.27. The molecule has 0 spiro atoms. The normalized spacial score (nSPS) is 10.6. The molecule has 0 radical (unpaired) electrons. The van der Waals surface area contributed by atoms with Gasteiger partial charge in [0.1, 0.15) is 10.7 Å². The Balaban J connectivity index is 2.71. The third-order valence-corrected chi connectivity index (χ3v) is 3.62. The van der Waals surface area contributed by atoms with Gasteiger partial charge < -0.3 is 9.64 Å². The zero-order valence-electron chi connectivity index (χ0n) is 12.3. The Labute approximate surface area is 124 Å². The van der Waals surface area contributed by atoms with Crippen molar-refractivity contribution in [1.29, 1.82) is 5.26 Å². The molecular weight excluding hydrogens is 274 g/mol. The number of hydrogen-bond acceptors (Lipinski definition) is 5. The molecule has 20 heavy (non-hydrogen) atoms. The van der Waals surface area contributed by atoms with E-state index in [9.17, 15) is 4.79 Å². The van der Waals surface area contributed by atoms with Gasteiger partial charge in [-0.1, -0.05) is 13.8 Å². The van der Waals surface area contributed by atoms with Gasteiger partial charge in [-0.2, -0.15) is 5.26 Å². The molecule has 0 N–H and O–H groups in total. The molecule has 6 heteroatoms. The molecule has 0 unspecified atom stereocenters. The number of carbonyl (C=O) groups is 1. The highest BCUT2D eigenvalue weighted by Crippen LogP contribution is 2.14. The lowest BCUT2D eigenvalue weighted by molar-refractivity contribution is 0.0746. The molecule has 0 atom stereocenters. The fraction of sp³-hybridized carbons (Fsp3) is 0.643. The van der Waals surface area contributed by atoms with Crippen molar-refractivity contribution in [3.63, 3.8) is 0 Å². The van der Waals surface area contributed by atoms with E-state index in [1.165, 1.54) is 11.3 Å². The molecule has 0 fully saturated rings. The first-order valence-electron chi connectivity index (χ1n) is 6.68. The van der Waals surface area contributed by atoms with Crippen LogP contribution < -0.4 is 0 Å². The molecule has 0 bridgehead atoms. The smallest absolute Gasteiger partial charge is 0.273 e. The number of methoxy groups -OCH3 is 1. The summed E-state index contributed by atoms with van der Waals surface area (Å²) in [5.41, 5.74) is 0.448. The van der Waals surface area contributed by atoms with Crippen molar-refractivity contribution in [1.82, 2.24) is 9.88 Å². The fourth-order valence-electron chi connectivity index (χ4n) is 1.67. The van der Waals surface area contributed by atoms with Crippen LogP contribution in [0.3, 0.4) is 0 Å². The summed E-state index contributed by atoms with van der Waals surface area (Å²) in [6, 6.07) is 2.09. The Morgan fingerprint density at radius 2 is 2.30 bits per heavy atom. The maximum atomic E-state index is 12.4. The number of thiazole rings is 1. The van der Waals surface area contributed by atoms with Crippen LogP contribution in [0.4, 0.5) is 0 Å². The maximum Gasteiger partial charge on any atom is 0.273 e. The van der Waals surface area contributed by atoms with Crippen molar-refractivity contribution in [2.24, 2.45) is 5.92 Å². The summed E-state index contributed by atoms with van der Waals surface area (Å²) in [6.07, 6.45) is 1.27. The van der Waals surface area contributed by atoms with Crippen molar-refractivity contribution < 1.29 is 9.53 Å². The number of amides is 1. The minimum atomic E-state index is -0.0977. The van der Waals surface area contributed by atoms with Crippen molar-refractivity contribution in [2.45, 2.75) is 33.3 Å². The monoisotopic (exact) mass is 295 g/mol. The summed E-state index contributed by atoms with van der Waals surface area (Å²) in [7, 11) is 1.60. The van der Waals surface area contributed by atoms with Gasteiger partial charge in [-0.05, 0) is 12.3 Å². The van der Waals surface area contributed by atoms with Gasteiger partial charge in [0.15, 0.2) is 0 Å². The predicted molar refractivity (Wildman–Crippen MR) is 78.4 cm³/mol. The Bertz CT molecular complexity index is 465. The topological polar surface area (TPSA) is 66.2 Å². The van der Waals surface area contributed by atoms with Gasteiger partial charge >= 0.3 is 0 Å². The predicted octanol–water partition coefficient (Wildman–Crippen LogP) is 2.69. The van der Waals surface area contributed by atoms with E-state index in [0.717, 1.165) is 11.4 Å². The first-order valence-corrected chi connectivity index (χ1v) is 7.56. The van der Waals surface area contributed by atoms with Crippen molar-refractivity contribution in [3.8, 4) is 6.07 Å². The summed E-state index contributed by atoms with van der Waals surface area (Å²) in [5.74, 6) is 0.423. The Hall–Kier alpha value is -1.45. The van der Waals surface area contributed by atoms with Gasteiger partial charge in [0.2, 0.25) is 0 Å². The van der Waals surface area contributed by atoms with Gasteiger partial charge in [0.05, 0.1) is 19.1 Å². The Morgan fingerprint density at radius 3 is 2.90 bits per heavy atom. The molecule has 1 aromatic heterocycles. The van der Waals surface area contributed by atoms with Crippen LogP contribution in [-0.4, -0.2) is 36.0 Å². The number of carbonyl (C=O) groups excluding carboxylic acids is 1. The first-order chi connectivity index (χ1) is 9.58. The summed E-state index contributed by atoms with van der Waals surface area (Å²) in [4.78, 5) is 18.4. The lowest BCUT2D eigenvalue weighted by Gasteiger charge is -2.21.